The van der Waals surface area contributed by atoms with Crippen molar-refractivity contribution in [1.82, 2.24) is 5.32 Å². The highest BCUT2D eigenvalue weighted by molar-refractivity contribution is 5.87. The average Bonchev–Trinajstić information content (AvgIpc) is 2.02. The lowest BCUT2D eigenvalue weighted by molar-refractivity contribution is -0.164. The van der Waals surface area contributed by atoms with Crippen LogP contribution in [0.15, 0.2) is 0 Å². The summed E-state index contributed by atoms with van der Waals surface area (Å²) < 4.78 is 4.98. The molecule has 0 saturated carbocycles. The quantitative estimate of drug-likeness (QED) is 0.671. The highest BCUT2D eigenvalue weighted by Crippen LogP contribution is 2.31. The number of carbonyl (C=O) groups is 2. The molecule has 14 heavy (non-hydrogen) atoms. The summed E-state index contributed by atoms with van der Waals surface area (Å²) >= 11 is 0. The van der Waals surface area contributed by atoms with E-state index in [1.54, 1.807) is 0 Å². The molecule has 1 atom stereocenters. The SMILES string of the molecule is CCC1(C(=O)NC(C)C(=O)O)COC1. The zero-order valence-electron chi connectivity index (χ0n) is 8.37. The van der Waals surface area contributed by atoms with Crippen LogP contribution in [-0.4, -0.2) is 36.2 Å². The van der Waals surface area contributed by atoms with Crippen molar-refractivity contribution in [1.29, 1.82) is 0 Å². The number of amides is 1. The summed E-state index contributed by atoms with van der Waals surface area (Å²) in [5, 5.41) is 11.1. The lowest BCUT2D eigenvalue weighted by Crippen LogP contribution is -2.56. The molecule has 0 aliphatic carbocycles. The number of carboxylic acid groups (broad SMARTS) is 1. The average molecular weight is 201 g/mol. The lowest BCUT2D eigenvalue weighted by atomic mass is 9.82. The maximum atomic E-state index is 11.6. The van der Waals surface area contributed by atoms with E-state index in [-0.39, 0.29) is 5.91 Å². The van der Waals surface area contributed by atoms with Crippen LogP contribution in [0.2, 0.25) is 0 Å². The molecule has 1 rings (SSSR count). The fourth-order valence-corrected chi connectivity index (χ4v) is 1.26. The third-order valence-corrected chi connectivity index (χ3v) is 2.63. The van der Waals surface area contributed by atoms with E-state index < -0.39 is 17.4 Å². The zero-order valence-corrected chi connectivity index (χ0v) is 8.37. The minimum absolute atomic E-state index is 0.221. The predicted octanol–water partition coefficient (Wildman–Crippen LogP) is 0.00230. The normalized spacial score (nSPS) is 20.7. The van der Waals surface area contributed by atoms with E-state index in [0.29, 0.717) is 19.6 Å². The van der Waals surface area contributed by atoms with Gasteiger partial charge in [0.2, 0.25) is 5.91 Å². The van der Waals surface area contributed by atoms with Gasteiger partial charge in [-0.15, -0.1) is 0 Å². The van der Waals surface area contributed by atoms with Gasteiger partial charge in [0.15, 0.2) is 0 Å². The number of carboxylic acids is 1. The first-order valence-electron chi connectivity index (χ1n) is 4.63. The van der Waals surface area contributed by atoms with Crippen LogP contribution in [0.25, 0.3) is 0 Å². The Labute approximate surface area is 82.4 Å². The van der Waals surface area contributed by atoms with Gasteiger partial charge in [-0.3, -0.25) is 9.59 Å². The molecule has 5 heteroatoms. The molecule has 1 aliphatic rings. The van der Waals surface area contributed by atoms with Crippen LogP contribution in [0.5, 0.6) is 0 Å². The molecular formula is C9H15NO4. The summed E-state index contributed by atoms with van der Waals surface area (Å²) in [7, 11) is 0. The molecule has 0 radical (unpaired) electrons. The standard InChI is InChI=1S/C9H15NO4/c1-3-9(4-14-5-9)8(13)10-6(2)7(11)12/h6H,3-5H2,1-2H3,(H,10,13)(H,11,12). The van der Waals surface area contributed by atoms with Gasteiger partial charge in [-0.25, -0.2) is 0 Å². The Morgan fingerprint density at radius 1 is 1.57 bits per heavy atom. The number of hydrogen-bond acceptors (Lipinski definition) is 3. The van der Waals surface area contributed by atoms with Crippen molar-refractivity contribution in [2.24, 2.45) is 5.41 Å². The molecule has 1 heterocycles. The van der Waals surface area contributed by atoms with Gasteiger partial charge in [0.25, 0.3) is 0 Å². The van der Waals surface area contributed by atoms with Crippen molar-refractivity contribution >= 4 is 11.9 Å². The number of ether oxygens (including phenoxy) is 1. The van der Waals surface area contributed by atoms with Crippen molar-refractivity contribution in [3.05, 3.63) is 0 Å². The molecule has 1 unspecified atom stereocenters. The van der Waals surface area contributed by atoms with Crippen LogP contribution in [0.4, 0.5) is 0 Å². The monoisotopic (exact) mass is 201 g/mol. The van der Waals surface area contributed by atoms with Gasteiger partial charge in [0.1, 0.15) is 6.04 Å². The Bertz CT molecular complexity index is 242. The smallest absolute Gasteiger partial charge is 0.325 e. The van der Waals surface area contributed by atoms with Gasteiger partial charge >= 0.3 is 5.97 Å². The number of nitrogens with one attached hydrogen (secondary N) is 1. The first-order chi connectivity index (χ1) is 6.52. The van der Waals surface area contributed by atoms with Crippen LogP contribution in [-0.2, 0) is 14.3 Å². The molecule has 0 aromatic rings. The van der Waals surface area contributed by atoms with E-state index >= 15 is 0 Å². The van der Waals surface area contributed by atoms with E-state index in [9.17, 15) is 9.59 Å². The number of rotatable bonds is 4. The number of hydrogen-bond donors (Lipinski definition) is 2. The molecule has 1 amide bonds. The molecule has 1 fully saturated rings. The first-order valence-corrected chi connectivity index (χ1v) is 4.63. The Kier molecular flexibility index (Phi) is 3.10. The van der Waals surface area contributed by atoms with E-state index in [2.05, 4.69) is 5.32 Å². The van der Waals surface area contributed by atoms with Crippen molar-refractivity contribution < 1.29 is 19.4 Å². The molecule has 2 N–H and O–H groups in total. The third-order valence-electron chi connectivity index (χ3n) is 2.63. The molecule has 5 nitrogen and oxygen atoms in total. The minimum atomic E-state index is -1.02. The topological polar surface area (TPSA) is 75.6 Å². The number of aliphatic carboxylic acids is 1. The maximum absolute atomic E-state index is 11.6. The second kappa shape index (κ2) is 3.96. The second-order valence-electron chi connectivity index (χ2n) is 3.66. The summed E-state index contributed by atoms with van der Waals surface area (Å²) in [4.78, 5) is 22.1. The van der Waals surface area contributed by atoms with Gasteiger partial charge in [-0.05, 0) is 13.3 Å². The fourth-order valence-electron chi connectivity index (χ4n) is 1.26. The van der Waals surface area contributed by atoms with Crippen LogP contribution in [0, 0.1) is 5.41 Å². The van der Waals surface area contributed by atoms with E-state index in [1.165, 1.54) is 6.92 Å². The largest absolute Gasteiger partial charge is 0.480 e. The predicted molar refractivity (Wildman–Crippen MR) is 48.8 cm³/mol. The molecule has 0 aromatic carbocycles. The van der Waals surface area contributed by atoms with Gasteiger partial charge in [0.05, 0.1) is 18.6 Å². The van der Waals surface area contributed by atoms with E-state index in [0.717, 1.165) is 0 Å². The highest BCUT2D eigenvalue weighted by atomic mass is 16.5. The number of carbonyl (C=O) groups excluding carboxylic acids is 1. The van der Waals surface area contributed by atoms with Crippen molar-refractivity contribution in [2.45, 2.75) is 26.3 Å². The summed E-state index contributed by atoms with van der Waals surface area (Å²) in [6.07, 6.45) is 0.672. The summed E-state index contributed by atoms with van der Waals surface area (Å²) in [5.41, 5.74) is -0.496. The van der Waals surface area contributed by atoms with Crippen LogP contribution in [0.3, 0.4) is 0 Å². The van der Waals surface area contributed by atoms with E-state index in [1.807, 2.05) is 6.92 Å². The van der Waals surface area contributed by atoms with E-state index in [4.69, 9.17) is 9.84 Å². The molecule has 0 aromatic heterocycles. The molecule has 0 spiro atoms. The van der Waals surface area contributed by atoms with Crippen LogP contribution >= 0.6 is 0 Å². The summed E-state index contributed by atoms with van der Waals surface area (Å²) in [6, 6.07) is -0.841. The lowest BCUT2D eigenvalue weighted by Gasteiger charge is -2.39. The van der Waals surface area contributed by atoms with Gasteiger partial charge in [0, 0.05) is 0 Å². The Balaban J connectivity index is 2.53. The summed E-state index contributed by atoms with van der Waals surface area (Å²) in [6.45, 7) is 4.12. The highest BCUT2D eigenvalue weighted by Gasteiger charge is 2.44. The molecule has 1 saturated heterocycles. The zero-order chi connectivity index (χ0) is 10.8. The Morgan fingerprint density at radius 3 is 2.43 bits per heavy atom. The Morgan fingerprint density at radius 2 is 2.14 bits per heavy atom. The molecule has 80 valence electrons. The molecule has 0 bridgehead atoms. The molecule has 1 aliphatic heterocycles. The van der Waals surface area contributed by atoms with Gasteiger partial charge < -0.3 is 15.2 Å². The molecular weight excluding hydrogens is 186 g/mol. The van der Waals surface area contributed by atoms with Crippen molar-refractivity contribution in [3.63, 3.8) is 0 Å². The second-order valence-corrected chi connectivity index (χ2v) is 3.66. The Hall–Kier alpha value is -1.10. The van der Waals surface area contributed by atoms with Crippen molar-refractivity contribution in [3.8, 4) is 0 Å². The summed E-state index contributed by atoms with van der Waals surface area (Å²) in [5.74, 6) is -1.24. The van der Waals surface area contributed by atoms with Crippen molar-refractivity contribution in [2.75, 3.05) is 13.2 Å². The van der Waals surface area contributed by atoms with Crippen LogP contribution < -0.4 is 5.32 Å². The fraction of sp³-hybridized carbons (Fsp3) is 0.778. The third kappa shape index (κ3) is 1.87. The van der Waals surface area contributed by atoms with Gasteiger partial charge in [-0.1, -0.05) is 6.92 Å². The maximum Gasteiger partial charge on any atom is 0.325 e. The van der Waals surface area contributed by atoms with Crippen LogP contribution in [0.1, 0.15) is 20.3 Å². The first kappa shape index (κ1) is 11.0. The minimum Gasteiger partial charge on any atom is -0.480 e. The van der Waals surface area contributed by atoms with Gasteiger partial charge in [-0.2, -0.15) is 0 Å².